The highest BCUT2D eigenvalue weighted by Gasteiger charge is 2.16. The van der Waals surface area contributed by atoms with Gasteiger partial charge in [0.15, 0.2) is 0 Å². The van der Waals surface area contributed by atoms with E-state index < -0.39 is 0 Å². The van der Waals surface area contributed by atoms with Gasteiger partial charge < -0.3 is 10.6 Å². The molecule has 0 aromatic carbocycles. The zero-order valence-corrected chi connectivity index (χ0v) is 10.2. The molecule has 0 saturated carbocycles. The Morgan fingerprint density at radius 3 is 3.00 bits per heavy atom. The standard InChI is InChI=1S/C13H21N3/c1-3-10(2)16-13-7-6-11(9-15-13)12-5-4-8-14-12/h6-7,9-10,12,14H,3-5,8H2,1-2H3,(H,15,16)/t10-,12+/m1/s1. The molecule has 0 spiro atoms. The zero-order valence-electron chi connectivity index (χ0n) is 10.2. The topological polar surface area (TPSA) is 37.0 Å². The molecule has 0 unspecified atom stereocenters. The van der Waals surface area contributed by atoms with E-state index in [4.69, 9.17) is 0 Å². The lowest BCUT2D eigenvalue weighted by Crippen LogP contribution is -2.16. The van der Waals surface area contributed by atoms with Crippen LogP contribution in [-0.2, 0) is 0 Å². The van der Waals surface area contributed by atoms with Crippen molar-refractivity contribution in [3.63, 3.8) is 0 Å². The second-order valence-electron chi connectivity index (χ2n) is 4.58. The van der Waals surface area contributed by atoms with E-state index in [-0.39, 0.29) is 0 Å². The lowest BCUT2D eigenvalue weighted by Gasteiger charge is -2.14. The van der Waals surface area contributed by atoms with Crippen molar-refractivity contribution in [1.29, 1.82) is 0 Å². The van der Waals surface area contributed by atoms with Crippen LogP contribution in [0, 0.1) is 0 Å². The first-order valence-corrected chi connectivity index (χ1v) is 6.25. The molecule has 0 radical (unpaired) electrons. The van der Waals surface area contributed by atoms with E-state index in [1.54, 1.807) is 0 Å². The fraction of sp³-hybridized carbons (Fsp3) is 0.615. The molecule has 16 heavy (non-hydrogen) atoms. The van der Waals surface area contributed by atoms with Gasteiger partial charge in [0, 0.05) is 18.3 Å². The summed E-state index contributed by atoms with van der Waals surface area (Å²) in [5.41, 5.74) is 1.31. The monoisotopic (exact) mass is 219 g/mol. The highest BCUT2D eigenvalue weighted by Crippen LogP contribution is 2.22. The minimum Gasteiger partial charge on any atom is -0.368 e. The smallest absolute Gasteiger partial charge is 0.126 e. The van der Waals surface area contributed by atoms with Gasteiger partial charge in [-0.3, -0.25) is 0 Å². The van der Waals surface area contributed by atoms with E-state index in [1.165, 1.54) is 18.4 Å². The molecule has 2 N–H and O–H groups in total. The van der Waals surface area contributed by atoms with Crippen LogP contribution in [0.15, 0.2) is 18.3 Å². The maximum absolute atomic E-state index is 4.46. The Hall–Kier alpha value is -1.09. The van der Waals surface area contributed by atoms with Crippen LogP contribution < -0.4 is 10.6 Å². The van der Waals surface area contributed by atoms with E-state index in [1.807, 2.05) is 6.20 Å². The van der Waals surface area contributed by atoms with Crippen LogP contribution in [0.25, 0.3) is 0 Å². The highest BCUT2D eigenvalue weighted by molar-refractivity contribution is 5.37. The summed E-state index contributed by atoms with van der Waals surface area (Å²) in [5.74, 6) is 0.982. The number of hydrogen-bond acceptors (Lipinski definition) is 3. The number of nitrogens with zero attached hydrogens (tertiary/aromatic N) is 1. The molecule has 1 fully saturated rings. The summed E-state index contributed by atoms with van der Waals surface area (Å²) >= 11 is 0. The third-order valence-corrected chi connectivity index (χ3v) is 3.26. The van der Waals surface area contributed by atoms with E-state index in [0.29, 0.717) is 12.1 Å². The molecule has 2 rings (SSSR count). The number of nitrogens with one attached hydrogen (secondary N) is 2. The molecule has 2 heterocycles. The van der Waals surface area contributed by atoms with Gasteiger partial charge in [0.1, 0.15) is 5.82 Å². The SMILES string of the molecule is CC[C@@H](C)Nc1ccc([C@@H]2CCCN2)cn1. The Labute approximate surface area is 97.7 Å². The van der Waals surface area contributed by atoms with Gasteiger partial charge in [-0.2, -0.15) is 0 Å². The average Bonchev–Trinajstić information content (AvgIpc) is 2.83. The van der Waals surface area contributed by atoms with Crippen molar-refractivity contribution in [1.82, 2.24) is 10.3 Å². The lowest BCUT2D eigenvalue weighted by molar-refractivity contribution is 0.645. The fourth-order valence-electron chi connectivity index (χ4n) is 2.02. The van der Waals surface area contributed by atoms with Gasteiger partial charge in [-0.25, -0.2) is 4.98 Å². The largest absolute Gasteiger partial charge is 0.368 e. The lowest BCUT2D eigenvalue weighted by atomic mass is 10.1. The molecule has 1 aliphatic heterocycles. The Kier molecular flexibility index (Phi) is 3.78. The predicted octanol–water partition coefficient (Wildman–Crippen LogP) is 2.72. The van der Waals surface area contributed by atoms with Crippen LogP contribution in [0.1, 0.15) is 44.7 Å². The van der Waals surface area contributed by atoms with Gasteiger partial charge >= 0.3 is 0 Å². The first-order chi connectivity index (χ1) is 7.79. The van der Waals surface area contributed by atoms with Gasteiger partial charge in [-0.1, -0.05) is 13.0 Å². The van der Waals surface area contributed by atoms with Crippen molar-refractivity contribution in [2.45, 2.75) is 45.2 Å². The summed E-state index contributed by atoms with van der Waals surface area (Å²) in [6, 6.07) is 5.27. The maximum Gasteiger partial charge on any atom is 0.126 e. The summed E-state index contributed by atoms with van der Waals surface area (Å²) in [7, 11) is 0. The van der Waals surface area contributed by atoms with Crippen molar-refractivity contribution in [2.24, 2.45) is 0 Å². The van der Waals surface area contributed by atoms with Crippen molar-refractivity contribution in [2.75, 3.05) is 11.9 Å². The van der Waals surface area contributed by atoms with E-state index in [2.05, 4.69) is 41.6 Å². The van der Waals surface area contributed by atoms with E-state index in [0.717, 1.165) is 18.8 Å². The van der Waals surface area contributed by atoms with Crippen LogP contribution >= 0.6 is 0 Å². The van der Waals surface area contributed by atoms with Crippen LogP contribution in [0.4, 0.5) is 5.82 Å². The maximum atomic E-state index is 4.46. The molecule has 1 saturated heterocycles. The Balaban J connectivity index is 1.98. The first kappa shape index (κ1) is 11.4. The van der Waals surface area contributed by atoms with E-state index >= 15 is 0 Å². The minimum atomic E-state index is 0.489. The number of anilines is 1. The molecule has 3 nitrogen and oxygen atoms in total. The summed E-state index contributed by atoms with van der Waals surface area (Å²) < 4.78 is 0. The van der Waals surface area contributed by atoms with Gasteiger partial charge in [-0.15, -0.1) is 0 Å². The van der Waals surface area contributed by atoms with E-state index in [9.17, 15) is 0 Å². The van der Waals surface area contributed by atoms with Gasteiger partial charge in [0.2, 0.25) is 0 Å². The highest BCUT2D eigenvalue weighted by atomic mass is 15.0. The average molecular weight is 219 g/mol. The summed E-state index contributed by atoms with van der Waals surface area (Å²) in [6.07, 6.45) is 5.62. The molecule has 0 aliphatic carbocycles. The molecular weight excluding hydrogens is 198 g/mol. The third kappa shape index (κ3) is 2.73. The van der Waals surface area contributed by atoms with Crippen LogP contribution in [-0.4, -0.2) is 17.6 Å². The van der Waals surface area contributed by atoms with Gasteiger partial charge in [0.05, 0.1) is 0 Å². The molecule has 88 valence electrons. The Morgan fingerprint density at radius 2 is 2.44 bits per heavy atom. The van der Waals surface area contributed by atoms with Crippen molar-refractivity contribution in [3.05, 3.63) is 23.9 Å². The summed E-state index contributed by atoms with van der Waals surface area (Å²) in [6.45, 7) is 5.49. The van der Waals surface area contributed by atoms with Crippen LogP contribution in [0.5, 0.6) is 0 Å². The third-order valence-electron chi connectivity index (χ3n) is 3.26. The molecule has 1 aromatic rings. The number of aromatic nitrogens is 1. The van der Waals surface area contributed by atoms with Crippen LogP contribution in [0.3, 0.4) is 0 Å². The summed E-state index contributed by atoms with van der Waals surface area (Å²) in [4.78, 5) is 4.46. The quantitative estimate of drug-likeness (QED) is 0.817. The molecular formula is C13H21N3. The summed E-state index contributed by atoms with van der Waals surface area (Å²) in [5, 5.41) is 6.86. The molecule has 0 amide bonds. The molecule has 1 aliphatic rings. The second-order valence-corrected chi connectivity index (χ2v) is 4.58. The first-order valence-electron chi connectivity index (χ1n) is 6.25. The second kappa shape index (κ2) is 5.30. The zero-order chi connectivity index (χ0) is 11.4. The fourth-order valence-corrected chi connectivity index (χ4v) is 2.02. The number of pyridine rings is 1. The predicted molar refractivity (Wildman–Crippen MR) is 67.6 cm³/mol. The normalized spacial score (nSPS) is 22.0. The molecule has 2 atom stereocenters. The van der Waals surface area contributed by atoms with Gasteiger partial charge in [-0.05, 0) is 44.4 Å². The van der Waals surface area contributed by atoms with Crippen LogP contribution in [0.2, 0.25) is 0 Å². The Morgan fingerprint density at radius 1 is 1.56 bits per heavy atom. The number of rotatable bonds is 4. The van der Waals surface area contributed by atoms with Gasteiger partial charge in [0.25, 0.3) is 0 Å². The van der Waals surface area contributed by atoms with Crippen molar-refractivity contribution in [3.8, 4) is 0 Å². The molecule has 1 aromatic heterocycles. The molecule has 0 bridgehead atoms. The van der Waals surface area contributed by atoms with Crippen molar-refractivity contribution >= 4 is 5.82 Å². The number of hydrogen-bond donors (Lipinski definition) is 2. The Bertz CT molecular complexity index is 314. The molecule has 3 heteroatoms. The van der Waals surface area contributed by atoms with Crippen molar-refractivity contribution < 1.29 is 0 Å². The minimum absolute atomic E-state index is 0.489.